The second-order valence-electron chi connectivity index (χ2n) is 5.20. The number of carbonyl (C=O) groups excluding carboxylic acids is 1. The lowest BCUT2D eigenvalue weighted by Gasteiger charge is -2.14. The maximum atomic E-state index is 12.6. The van der Waals surface area contributed by atoms with E-state index in [1.807, 2.05) is 16.7 Å². The van der Waals surface area contributed by atoms with Gasteiger partial charge in [0.05, 0.1) is 28.5 Å². The van der Waals surface area contributed by atoms with Gasteiger partial charge in [-0.25, -0.2) is 4.98 Å². The average molecular weight is 340 g/mol. The van der Waals surface area contributed by atoms with Crippen LogP contribution in [0.2, 0.25) is 5.02 Å². The molecule has 6 heteroatoms. The Kier molecular flexibility index (Phi) is 4.57. The van der Waals surface area contributed by atoms with Gasteiger partial charge in [-0.05, 0) is 18.1 Å². The lowest BCUT2D eigenvalue weighted by molar-refractivity contribution is 0.0788. The third-order valence-corrected chi connectivity index (χ3v) is 3.95. The zero-order chi connectivity index (χ0) is 17.1. The third kappa shape index (κ3) is 2.88. The van der Waals surface area contributed by atoms with Gasteiger partial charge >= 0.3 is 0 Å². The van der Waals surface area contributed by atoms with Crippen LogP contribution in [-0.2, 0) is 11.3 Å². The zero-order valence-corrected chi connectivity index (χ0v) is 13.8. The smallest absolute Gasteiger partial charge is 0.257 e. The van der Waals surface area contributed by atoms with Crippen molar-refractivity contribution < 1.29 is 9.53 Å². The van der Waals surface area contributed by atoms with Gasteiger partial charge in [0.2, 0.25) is 0 Å². The summed E-state index contributed by atoms with van der Waals surface area (Å²) < 4.78 is 6.99. The zero-order valence-electron chi connectivity index (χ0n) is 13.0. The Balaban J connectivity index is 2.03. The Morgan fingerprint density at radius 3 is 3.04 bits per heavy atom. The van der Waals surface area contributed by atoms with E-state index in [0.717, 1.165) is 5.69 Å². The van der Waals surface area contributed by atoms with Gasteiger partial charge in [-0.2, -0.15) is 0 Å². The van der Waals surface area contributed by atoms with Crippen LogP contribution >= 0.6 is 11.6 Å². The molecule has 0 aliphatic carbocycles. The van der Waals surface area contributed by atoms with Gasteiger partial charge in [0.1, 0.15) is 25.2 Å². The van der Waals surface area contributed by atoms with E-state index in [4.69, 9.17) is 22.8 Å². The first-order valence-electron chi connectivity index (χ1n) is 7.24. The fourth-order valence-electron chi connectivity index (χ4n) is 2.53. The number of amides is 1. The Morgan fingerprint density at radius 2 is 2.25 bits per heavy atom. The summed E-state index contributed by atoms with van der Waals surface area (Å²) in [5.41, 5.74) is 2.61. The van der Waals surface area contributed by atoms with E-state index in [0.29, 0.717) is 28.5 Å². The van der Waals surface area contributed by atoms with E-state index in [1.54, 1.807) is 24.3 Å². The minimum Gasteiger partial charge on any atom is -0.356 e. The molecule has 1 aliphatic rings. The second kappa shape index (κ2) is 6.80. The number of benzene rings is 1. The molecule has 1 aliphatic heterocycles. The van der Waals surface area contributed by atoms with Crippen LogP contribution in [0.3, 0.4) is 0 Å². The summed E-state index contributed by atoms with van der Waals surface area (Å²) in [5, 5.41) is 0.418. The molecule has 0 spiro atoms. The molecule has 2 heterocycles. The van der Waals surface area contributed by atoms with Crippen molar-refractivity contribution in [3.63, 3.8) is 0 Å². The largest absolute Gasteiger partial charge is 0.356 e. The van der Waals surface area contributed by atoms with Gasteiger partial charge in [-0.15, -0.1) is 6.42 Å². The number of imidazole rings is 1. The van der Waals surface area contributed by atoms with Crippen LogP contribution in [0.15, 0.2) is 24.5 Å². The number of terminal acetylenes is 1. The molecule has 0 saturated heterocycles. The number of carbonyl (C=O) groups is 1. The van der Waals surface area contributed by atoms with E-state index >= 15 is 0 Å². The lowest BCUT2D eigenvalue weighted by atomic mass is 10.1. The highest BCUT2D eigenvalue weighted by Gasteiger charge is 2.27. The molecule has 0 N–H and O–H groups in total. The van der Waals surface area contributed by atoms with Crippen LogP contribution in [0.5, 0.6) is 0 Å². The Labute approximate surface area is 145 Å². The Hall–Kier alpha value is -2.73. The van der Waals surface area contributed by atoms with Gasteiger partial charge in [-0.3, -0.25) is 9.36 Å². The molecule has 0 atom stereocenters. The summed E-state index contributed by atoms with van der Waals surface area (Å²) in [6.45, 7) is 0.839. The monoisotopic (exact) mass is 339 g/mol. The Bertz CT molecular complexity index is 899. The van der Waals surface area contributed by atoms with E-state index < -0.39 is 0 Å². The number of aromatic nitrogens is 2. The minimum absolute atomic E-state index is 0.129. The molecule has 24 heavy (non-hydrogen) atoms. The molecular weight excluding hydrogens is 326 g/mol. The SMILES string of the molecule is C#CCOCC#Cc1ncn2c1CN(C)C(=O)c1c(Cl)cccc1-2. The number of ether oxygens (including phenoxy) is 1. The first-order chi connectivity index (χ1) is 11.6. The predicted octanol–water partition coefficient (Wildman–Crippen LogP) is 2.11. The maximum Gasteiger partial charge on any atom is 0.257 e. The molecule has 0 bridgehead atoms. The van der Waals surface area contributed by atoms with Gasteiger partial charge in [0, 0.05) is 7.05 Å². The number of hydrogen-bond acceptors (Lipinski definition) is 3. The molecule has 2 aromatic rings. The maximum absolute atomic E-state index is 12.6. The topological polar surface area (TPSA) is 47.4 Å². The minimum atomic E-state index is -0.129. The number of fused-ring (bicyclic) bond motifs is 3. The van der Waals surface area contributed by atoms with E-state index in [1.165, 1.54) is 0 Å². The molecule has 1 aromatic heterocycles. The average Bonchev–Trinajstić information content (AvgIpc) is 2.91. The van der Waals surface area contributed by atoms with Crippen LogP contribution < -0.4 is 0 Å². The first kappa shape index (κ1) is 16.1. The van der Waals surface area contributed by atoms with Crippen LogP contribution in [0, 0.1) is 24.2 Å². The van der Waals surface area contributed by atoms with E-state index in [2.05, 4.69) is 22.7 Å². The van der Waals surface area contributed by atoms with E-state index in [-0.39, 0.29) is 19.1 Å². The van der Waals surface area contributed by atoms with Crippen molar-refractivity contribution >= 4 is 17.5 Å². The standard InChI is InChI=1S/C18H14ClN3O2/c1-3-9-24-10-5-7-14-16-11-21(2)18(23)17-13(19)6-4-8-15(17)22(16)12-20-14/h1,4,6,8,12H,9-11H2,2H3. The molecule has 1 amide bonds. The van der Waals surface area contributed by atoms with Crippen molar-refractivity contribution in [2.75, 3.05) is 20.3 Å². The quantitative estimate of drug-likeness (QED) is 0.622. The normalized spacial score (nSPS) is 12.5. The molecule has 0 radical (unpaired) electrons. The molecular formula is C18H14ClN3O2. The van der Waals surface area contributed by atoms with Crippen LogP contribution in [-0.4, -0.2) is 40.6 Å². The number of nitrogens with zero attached hydrogens (tertiary/aromatic N) is 3. The predicted molar refractivity (Wildman–Crippen MR) is 90.9 cm³/mol. The van der Waals surface area contributed by atoms with Gasteiger partial charge in [0.15, 0.2) is 0 Å². The Morgan fingerprint density at radius 1 is 1.42 bits per heavy atom. The van der Waals surface area contributed by atoms with Crippen molar-refractivity contribution in [3.05, 3.63) is 46.5 Å². The summed E-state index contributed by atoms with van der Waals surface area (Å²) in [6, 6.07) is 5.36. The van der Waals surface area contributed by atoms with Gasteiger partial charge < -0.3 is 9.64 Å². The van der Waals surface area contributed by atoms with Crippen LogP contribution in [0.1, 0.15) is 21.7 Å². The third-order valence-electron chi connectivity index (χ3n) is 3.63. The highest BCUT2D eigenvalue weighted by atomic mass is 35.5. The van der Waals surface area contributed by atoms with E-state index in [9.17, 15) is 4.79 Å². The number of rotatable bonds is 2. The second-order valence-corrected chi connectivity index (χ2v) is 5.61. The van der Waals surface area contributed by atoms with Crippen LogP contribution in [0.25, 0.3) is 5.69 Å². The van der Waals surface area contributed by atoms with Gasteiger partial charge in [0.25, 0.3) is 5.91 Å². The molecule has 1 aromatic carbocycles. The molecule has 0 saturated carbocycles. The molecule has 0 fully saturated rings. The van der Waals surface area contributed by atoms with Crippen molar-refractivity contribution in [3.8, 4) is 29.9 Å². The van der Waals surface area contributed by atoms with Crippen molar-refractivity contribution in [2.24, 2.45) is 0 Å². The lowest BCUT2D eigenvalue weighted by Crippen LogP contribution is -2.25. The molecule has 0 unspecified atom stereocenters. The summed E-state index contributed by atoms with van der Waals surface area (Å²) in [7, 11) is 1.73. The summed E-state index contributed by atoms with van der Waals surface area (Å²) >= 11 is 6.24. The molecule has 120 valence electrons. The highest BCUT2D eigenvalue weighted by molar-refractivity contribution is 6.34. The van der Waals surface area contributed by atoms with Crippen LogP contribution in [0.4, 0.5) is 0 Å². The van der Waals surface area contributed by atoms with Crippen molar-refractivity contribution in [2.45, 2.75) is 6.54 Å². The number of hydrogen-bond donors (Lipinski definition) is 0. The molecule has 3 rings (SSSR count). The highest BCUT2D eigenvalue weighted by Crippen LogP contribution is 2.29. The van der Waals surface area contributed by atoms with Gasteiger partial charge in [-0.1, -0.05) is 29.5 Å². The summed E-state index contributed by atoms with van der Waals surface area (Å²) in [5.74, 6) is 8.11. The fourth-order valence-corrected chi connectivity index (χ4v) is 2.78. The molecule has 5 nitrogen and oxygen atoms in total. The number of halogens is 1. The van der Waals surface area contributed by atoms with Crippen molar-refractivity contribution in [1.82, 2.24) is 14.5 Å². The first-order valence-corrected chi connectivity index (χ1v) is 7.62. The van der Waals surface area contributed by atoms with Crippen molar-refractivity contribution in [1.29, 1.82) is 0 Å². The summed E-state index contributed by atoms with van der Waals surface area (Å²) in [4.78, 5) is 18.6. The summed E-state index contributed by atoms with van der Waals surface area (Å²) in [6.07, 6.45) is 6.77. The fraction of sp³-hybridized carbons (Fsp3) is 0.222.